The second kappa shape index (κ2) is 15.3. The predicted molar refractivity (Wildman–Crippen MR) is 199 cm³/mol. The van der Waals surface area contributed by atoms with Crippen LogP contribution in [0.5, 0.6) is 0 Å². The molecule has 1 aliphatic carbocycles. The van der Waals surface area contributed by atoms with E-state index in [0.717, 1.165) is 62.3 Å². The minimum absolute atomic E-state index is 0. The molecule has 6 heterocycles. The van der Waals surface area contributed by atoms with Crippen LogP contribution in [0.4, 0.5) is 0 Å². The van der Waals surface area contributed by atoms with Gasteiger partial charge in [-0.2, -0.15) is 0 Å². The second-order valence-electron chi connectivity index (χ2n) is 11.4. The van der Waals surface area contributed by atoms with Gasteiger partial charge in [-0.3, -0.25) is 9.97 Å². The van der Waals surface area contributed by atoms with Crippen LogP contribution in [0.2, 0.25) is 0 Å². The molecule has 0 fully saturated rings. The first kappa shape index (κ1) is 33.6. The third-order valence-corrected chi connectivity index (χ3v) is 8.12. The van der Waals surface area contributed by atoms with Crippen LogP contribution in [-0.4, -0.2) is 40.9 Å². The molecule has 3 aromatic carbocycles. The van der Waals surface area contributed by atoms with Crippen molar-refractivity contribution < 1.29 is 27.3 Å². The van der Waals surface area contributed by atoms with Crippen molar-refractivity contribution in [3.05, 3.63) is 168 Å². The van der Waals surface area contributed by atoms with Crippen molar-refractivity contribution >= 4 is 68.4 Å². The summed E-state index contributed by atoms with van der Waals surface area (Å²) in [5.41, 5.74) is 15.5. The predicted octanol–water partition coefficient (Wildman–Crippen LogP) is 9.16. The van der Waals surface area contributed by atoms with Crippen molar-refractivity contribution in [1.29, 1.82) is 0 Å². The first-order valence-electron chi connectivity index (χ1n) is 15.6. The summed E-state index contributed by atoms with van der Waals surface area (Å²) in [7, 11) is 0. The Labute approximate surface area is 309 Å². The summed E-state index contributed by atoms with van der Waals surface area (Å²) >= 11 is 0. The van der Waals surface area contributed by atoms with Crippen molar-refractivity contribution in [1.82, 2.24) is 29.9 Å². The van der Waals surface area contributed by atoms with Gasteiger partial charge in [0.1, 0.15) is 0 Å². The zero-order chi connectivity index (χ0) is 31.4. The minimum atomic E-state index is 0. The summed E-state index contributed by atoms with van der Waals surface area (Å²) in [4.78, 5) is 24.3. The number of H-pyrrole nitrogens is 2. The molecule has 4 aromatic heterocycles. The maximum atomic E-state index is 4.62. The van der Waals surface area contributed by atoms with Crippen LogP contribution in [0.15, 0.2) is 134 Å². The number of aromatic nitrogens is 6. The second-order valence-corrected chi connectivity index (χ2v) is 11.4. The van der Waals surface area contributed by atoms with Crippen molar-refractivity contribution in [3.63, 3.8) is 0 Å². The smallest absolute Gasteiger partial charge is 0.0886 e. The SMILES string of the molecule is C1=Cc2cc3ccc(cc4ccc(cc5nc(cc1n2)C=C5)[nH]4)[nH]3.[Cd].[Si].c1ccc2c(c1)Cc1ccccc1-2.c1ccc2nccnc2c1. The van der Waals surface area contributed by atoms with Crippen molar-refractivity contribution in [3.8, 4) is 11.1 Å². The van der Waals surface area contributed by atoms with E-state index in [4.69, 9.17) is 0 Å². The number of rotatable bonds is 0. The topological polar surface area (TPSA) is 83.1 Å². The molecule has 8 bridgehead atoms. The van der Waals surface area contributed by atoms with Gasteiger partial charge >= 0.3 is 0 Å². The Hall–Kier alpha value is -5.26. The van der Waals surface area contributed by atoms with Gasteiger partial charge in [-0.05, 0) is 114 Å². The molecule has 10 rings (SSSR count). The normalized spacial score (nSPS) is 11.5. The zero-order valence-electron chi connectivity index (χ0n) is 26.7. The molecule has 0 saturated carbocycles. The molecule has 0 atom stereocenters. The summed E-state index contributed by atoms with van der Waals surface area (Å²) in [6, 6.07) is 41.5. The number of benzene rings is 3. The third-order valence-electron chi connectivity index (χ3n) is 8.12. The summed E-state index contributed by atoms with van der Waals surface area (Å²) in [5.74, 6) is 0. The van der Waals surface area contributed by atoms with Gasteiger partial charge in [0.15, 0.2) is 0 Å². The van der Waals surface area contributed by atoms with E-state index in [1.54, 1.807) is 12.4 Å². The van der Waals surface area contributed by atoms with Gasteiger partial charge in [0.2, 0.25) is 0 Å². The molecule has 3 aliphatic rings. The molecule has 7 aromatic rings. The van der Waals surface area contributed by atoms with Crippen molar-refractivity contribution in [2.75, 3.05) is 0 Å². The number of hydrogen-bond acceptors (Lipinski definition) is 4. The van der Waals surface area contributed by atoms with Gasteiger partial charge in [0.05, 0.1) is 33.8 Å². The number of aromatic amines is 2. The monoisotopic (exact) mass is 748 g/mol. The average molecular weight is 747 g/mol. The van der Waals surface area contributed by atoms with Crippen LogP contribution in [-0.2, 0) is 33.7 Å². The van der Waals surface area contributed by atoms with Crippen LogP contribution in [0.3, 0.4) is 0 Å². The molecule has 2 N–H and O–H groups in total. The molecule has 0 saturated heterocycles. The summed E-state index contributed by atoms with van der Waals surface area (Å²) in [6.07, 6.45) is 12.5. The summed E-state index contributed by atoms with van der Waals surface area (Å²) in [6.45, 7) is 0. The Bertz CT molecular complexity index is 2280. The standard InChI is InChI=1S/C20H14N4.C13H10.C8H6N2.Cd.Si/c1-2-14-10-16-5-6-18(23-16)12-20-8-7-19(24-20)11-17-4-3-15(22-17)9-13(1)21-14;1-3-7-12-10(5-1)9-11-6-2-4-8-13(11)12;1-2-4-8-7(3-1)9-5-6-10-8;;/h1-12,21-22H;1-8H,9H2;1-6H;;. The number of nitrogens with one attached hydrogen (secondary N) is 2. The van der Waals surface area contributed by atoms with Gasteiger partial charge in [0.25, 0.3) is 0 Å². The Kier molecular flexibility index (Phi) is 10.5. The van der Waals surface area contributed by atoms with Crippen LogP contribution in [0, 0.1) is 0 Å². The molecule has 2 aliphatic heterocycles. The molecule has 0 amide bonds. The quantitative estimate of drug-likeness (QED) is 0.152. The van der Waals surface area contributed by atoms with E-state index in [9.17, 15) is 0 Å². The van der Waals surface area contributed by atoms with E-state index < -0.39 is 0 Å². The van der Waals surface area contributed by atoms with Gasteiger partial charge < -0.3 is 9.97 Å². The third kappa shape index (κ3) is 7.90. The van der Waals surface area contributed by atoms with Gasteiger partial charge in [0, 0.05) is 72.7 Å². The maximum absolute atomic E-state index is 4.62. The van der Waals surface area contributed by atoms with Gasteiger partial charge in [-0.25, -0.2) is 9.97 Å². The Morgan fingerprint density at radius 2 is 0.816 bits per heavy atom. The number of para-hydroxylation sites is 2. The van der Waals surface area contributed by atoms with E-state index >= 15 is 0 Å². The summed E-state index contributed by atoms with van der Waals surface area (Å²) in [5, 5.41) is 0. The van der Waals surface area contributed by atoms with E-state index in [-0.39, 0.29) is 38.3 Å². The number of fused-ring (bicyclic) bond motifs is 12. The Balaban J connectivity index is 0.000000140. The Morgan fingerprint density at radius 3 is 1.29 bits per heavy atom. The van der Waals surface area contributed by atoms with Crippen LogP contribution in [0.25, 0.3) is 68.5 Å². The average Bonchev–Trinajstić information content (AvgIpc) is 3.95. The fraction of sp³-hybridized carbons (Fsp3) is 0.0244. The van der Waals surface area contributed by atoms with E-state index in [1.807, 2.05) is 66.8 Å². The first-order chi connectivity index (χ1) is 23.2. The van der Waals surface area contributed by atoms with Crippen LogP contribution in [0.1, 0.15) is 33.9 Å². The van der Waals surface area contributed by atoms with E-state index in [0.29, 0.717) is 0 Å². The molecule has 8 heteroatoms. The van der Waals surface area contributed by atoms with Crippen LogP contribution < -0.4 is 0 Å². The maximum Gasteiger partial charge on any atom is 0.0886 e. The van der Waals surface area contributed by atoms with Gasteiger partial charge in [-0.15, -0.1) is 0 Å². The fourth-order valence-electron chi connectivity index (χ4n) is 5.93. The van der Waals surface area contributed by atoms with Crippen molar-refractivity contribution in [2.24, 2.45) is 0 Å². The molecular formula is C41H30CdN6Si. The van der Waals surface area contributed by atoms with Crippen molar-refractivity contribution in [2.45, 2.75) is 6.42 Å². The molecule has 6 nitrogen and oxygen atoms in total. The molecule has 4 radical (unpaired) electrons. The van der Waals surface area contributed by atoms with E-state index in [1.165, 1.54) is 22.3 Å². The molecule has 0 unspecified atom stereocenters. The van der Waals surface area contributed by atoms with Crippen LogP contribution >= 0.6 is 0 Å². The fourth-order valence-corrected chi connectivity index (χ4v) is 5.93. The minimum Gasteiger partial charge on any atom is -0.355 e. The number of hydrogen-bond donors (Lipinski definition) is 2. The Morgan fingerprint density at radius 1 is 0.429 bits per heavy atom. The van der Waals surface area contributed by atoms with Gasteiger partial charge in [-0.1, -0.05) is 60.7 Å². The molecule has 49 heavy (non-hydrogen) atoms. The molecule has 230 valence electrons. The number of nitrogens with zero attached hydrogens (tertiary/aromatic N) is 4. The molecule has 0 spiro atoms. The largest absolute Gasteiger partial charge is 0.355 e. The zero-order valence-corrected chi connectivity index (χ0v) is 31.8. The van der Waals surface area contributed by atoms with E-state index in [2.05, 4.69) is 109 Å². The first-order valence-corrected chi connectivity index (χ1v) is 15.6. The molecular weight excluding hydrogens is 717 g/mol. The summed E-state index contributed by atoms with van der Waals surface area (Å²) < 4.78 is 0.